The molecule has 0 amide bonds. The molecular weight excluding hydrogens is 324 g/mol. The largest absolute Gasteiger partial charge is 0.351 e. The van der Waals surface area contributed by atoms with E-state index in [1.54, 1.807) is 0 Å². The summed E-state index contributed by atoms with van der Waals surface area (Å²) >= 11 is 3.57. The molecular formula is C18H21BrN2. The molecule has 110 valence electrons. The summed E-state index contributed by atoms with van der Waals surface area (Å²) in [5, 5.41) is 3.68. The second-order valence-electron chi connectivity index (χ2n) is 5.96. The molecule has 1 heterocycles. The predicted molar refractivity (Wildman–Crippen MR) is 92.2 cm³/mol. The molecule has 1 atom stereocenters. The number of halogens is 1. The van der Waals surface area contributed by atoms with Gasteiger partial charge in [0.25, 0.3) is 0 Å². The Hall–Kier alpha value is -1.32. The van der Waals surface area contributed by atoms with Crippen molar-refractivity contribution in [2.75, 3.05) is 4.90 Å². The van der Waals surface area contributed by atoms with Crippen LogP contribution in [0.15, 0.2) is 53.0 Å². The molecule has 0 aliphatic carbocycles. The first-order chi connectivity index (χ1) is 10.1. The molecule has 0 aromatic heterocycles. The highest BCUT2D eigenvalue weighted by molar-refractivity contribution is 9.10. The van der Waals surface area contributed by atoms with Crippen LogP contribution in [0.3, 0.4) is 0 Å². The molecule has 21 heavy (non-hydrogen) atoms. The van der Waals surface area contributed by atoms with Crippen LogP contribution in [0.5, 0.6) is 0 Å². The van der Waals surface area contributed by atoms with Crippen molar-refractivity contribution in [3.8, 4) is 0 Å². The van der Waals surface area contributed by atoms with Gasteiger partial charge in [-0.15, -0.1) is 0 Å². The Morgan fingerprint density at radius 1 is 1.19 bits per heavy atom. The third-order valence-corrected chi connectivity index (χ3v) is 4.51. The second-order valence-corrected chi connectivity index (χ2v) is 6.87. The van der Waals surface area contributed by atoms with Gasteiger partial charge in [0, 0.05) is 23.2 Å². The number of hydrogen-bond acceptors (Lipinski definition) is 2. The van der Waals surface area contributed by atoms with E-state index in [0.717, 1.165) is 17.6 Å². The van der Waals surface area contributed by atoms with Crippen LogP contribution in [0.2, 0.25) is 0 Å². The average molecular weight is 345 g/mol. The van der Waals surface area contributed by atoms with Gasteiger partial charge in [0.1, 0.15) is 0 Å². The third kappa shape index (κ3) is 3.14. The highest BCUT2D eigenvalue weighted by Crippen LogP contribution is 2.32. The minimum absolute atomic E-state index is 0.374. The van der Waals surface area contributed by atoms with Gasteiger partial charge in [0.15, 0.2) is 0 Å². The van der Waals surface area contributed by atoms with Gasteiger partial charge in [0.05, 0.1) is 6.17 Å². The second kappa shape index (κ2) is 6.20. The monoisotopic (exact) mass is 344 g/mol. The first-order valence-corrected chi connectivity index (χ1v) is 8.27. The summed E-state index contributed by atoms with van der Waals surface area (Å²) in [5.41, 5.74) is 4.05. The van der Waals surface area contributed by atoms with Crippen LogP contribution in [0, 0.1) is 5.92 Å². The van der Waals surface area contributed by atoms with Gasteiger partial charge in [-0.1, -0.05) is 60.1 Å². The predicted octanol–water partition coefficient (Wildman–Crippen LogP) is 4.54. The van der Waals surface area contributed by atoms with Crippen molar-refractivity contribution >= 4 is 21.6 Å². The molecule has 2 nitrogen and oxygen atoms in total. The number of rotatable bonds is 3. The molecule has 0 spiro atoms. The minimum atomic E-state index is 0.374. The Morgan fingerprint density at radius 3 is 2.67 bits per heavy atom. The molecule has 0 saturated heterocycles. The van der Waals surface area contributed by atoms with Crippen molar-refractivity contribution in [1.29, 1.82) is 0 Å². The number of anilines is 1. The van der Waals surface area contributed by atoms with Crippen molar-refractivity contribution in [3.63, 3.8) is 0 Å². The quantitative estimate of drug-likeness (QED) is 0.879. The summed E-state index contributed by atoms with van der Waals surface area (Å²) in [6.07, 6.45) is 0.374. The Morgan fingerprint density at radius 2 is 1.95 bits per heavy atom. The number of nitrogens with one attached hydrogen (secondary N) is 1. The molecule has 0 saturated carbocycles. The third-order valence-electron chi connectivity index (χ3n) is 4.02. The van der Waals surface area contributed by atoms with E-state index in [-0.39, 0.29) is 0 Å². The van der Waals surface area contributed by atoms with Crippen molar-refractivity contribution in [3.05, 3.63) is 64.1 Å². The normalized spacial score (nSPS) is 17.9. The van der Waals surface area contributed by atoms with E-state index in [1.807, 2.05) is 0 Å². The Labute approximate surface area is 135 Å². The molecule has 1 aliphatic heterocycles. The van der Waals surface area contributed by atoms with Crippen molar-refractivity contribution in [2.45, 2.75) is 33.1 Å². The maximum atomic E-state index is 3.68. The van der Waals surface area contributed by atoms with E-state index >= 15 is 0 Å². The molecule has 1 N–H and O–H groups in total. The lowest BCUT2D eigenvalue weighted by Gasteiger charge is -2.42. The first-order valence-electron chi connectivity index (χ1n) is 7.47. The molecule has 2 aromatic rings. The fourth-order valence-corrected chi connectivity index (χ4v) is 3.42. The fourth-order valence-electron chi connectivity index (χ4n) is 3.01. The topological polar surface area (TPSA) is 15.3 Å². The SMILES string of the molecule is CC(C)C1NCc2cc(Br)ccc2N1Cc1ccccc1. The maximum Gasteiger partial charge on any atom is 0.0825 e. The standard InChI is InChI=1S/C18H21BrN2/c1-13(2)18-20-11-15-10-16(19)8-9-17(15)21(18)12-14-6-4-3-5-7-14/h3-10,13,18,20H,11-12H2,1-2H3. The van der Waals surface area contributed by atoms with E-state index in [0.29, 0.717) is 12.1 Å². The summed E-state index contributed by atoms with van der Waals surface area (Å²) in [7, 11) is 0. The minimum Gasteiger partial charge on any atom is -0.351 e. The van der Waals surface area contributed by atoms with Crippen LogP contribution in [-0.4, -0.2) is 6.17 Å². The summed E-state index contributed by atoms with van der Waals surface area (Å²) in [6, 6.07) is 17.3. The number of hydrogen-bond donors (Lipinski definition) is 1. The summed E-state index contributed by atoms with van der Waals surface area (Å²) in [5.74, 6) is 0.561. The average Bonchev–Trinajstić information content (AvgIpc) is 2.48. The van der Waals surface area contributed by atoms with Crippen LogP contribution in [0.25, 0.3) is 0 Å². The van der Waals surface area contributed by atoms with E-state index in [2.05, 4.69) is 88.5 Å². The molecule has 0 radical (unpaired) electrons. The van der Waals surface area contributed by atoms with E-state index in [1.165, 1.54) is 16.8 Å². The molecule has 3 heteroatoms. The van der Waals surface area contributed by atoms with Gasteiger partial charge < -0.3 is 4.90 Å². The van der Waals surface area contributed by atoms with Gasteiger partial charge in [0.2, 0.25) is 0 Å². The van der Waals surface area contributed by atoms with Crippen LogP contribution < -0.4 is 10.2 Å². The van der Waals surface area contributed by atoms with Gasteiger partial charge in [-0.25, -0.2) is 0 Å². The summed E-state index contributed by atoms with van der Waals surface area (Å²) in [6.45, 7) is 6.42. The lowest BCUT2D eigenvalue weighted by molar-refractivity contribution is 0.362. The molecule has 0 bridgehead atoms. The molecule has 1 aliphatic rings. The molecule has 2 aromatic carbocycles. The smallest absolute Gasteiger partial charge is 0.0825 e. The first kappa shape index (κ1) is 14.6. The number of fused-ring (bicyclic) bond motifs is 1. The van der Waals surface area contributed by atoms with Gasteiger partial charge in [-0.3, -0.25) is 5.32 Å². The van der Waals surface area contributed by atoms with Crippen molar-refractivity contribution in [1.82, 2.24) is 5.32 Å². The van der Waals surface area contributed by atoms with E-state index in [9.17, 15) is 0 Å². The maximum absolute atomic E-state index is 3.68. The van der Waals surface area contributed by atoms with Crippen LogP contribution in [0.1, 0.15) is 25.0 Å². The van der Waals surface area contributed by atoms with Crippen molar-refractivity contribution < 1.29 is 0 Å². The summed E-state index contributed by atoms with van der Waals surface area (Å²) in [4.78, 5) is 2.49. The van der Waals surface area contributed by atoms with Gasteiger partial charge in [-0.05, 0) is 35.2 Å². The van der Waals surface area contributed by atoms with Crippen LogP contribution in [-0.2, 0) is 13.1 Å². The van der Waals surface area contributed by atoms with Gasteiger partial charge in [-0.2, -0.15) is 0 Å². The zero-order valence-electron chi connectivity index (χ0n) is 12.5. The lowest BCUT2D eigenvalue weighted by atomic mass is 10.0. The van der Waals surface area contributed by atoms with E-state index in [4.69, 9.17) is 0 Å². The molecule has 0 fully saturated rings. The fraction of sp³-hybridized carbons (Fsp3) is 0.333. The molecule has 1 unspecified atom stereocenters. The Kier molecular flexibility index (Phi) is 4.32. The van der Waals surface area contributed by atoms with Crippen LogP contribution >= 0.6 is 15.9 Å². The number of nitrogens with zero attached hydrogens (tertiary/aromatic N) is 1. The Balaban J connectivity index is 1.96. The Bertz CT molecular complexity index is 610. The zero-order chi connectivity index (χ0) is 14.8. The molecule has 3 rings (SSSR count). The van der Waals surface area contributed by atoms with E-state index < -0.39 is 0 Å². The number of benzene rings is 2. The highest BCUT2D eigenvalue weighted by Gasteiger charge is 2.28. The highest BCUT2D eigenvalue weighted by atomic mass is 79.9. The van der Waals surface area contributed by atoms with Crippen LogP contribution in [0.4, 0.5) is 5.69 Å². The zero-order valence-corrected chi connectivity index (χ0v) is 14.1. The summed E-state index contributed by atoms with van der Waals surface area (Å²) < 4.78 is 1.14. The lowest BCUT2D eigenvalue weighted by Crippen LogP contribution is -2.52. The van der Waals surface area contributed by atoms with Gasteiger partial charge >= 0.3 is 0 Å². The van der Waals surface area contributed by atoms with Crippen molar-refractivity contribution in [2.24, 2.45) is 5.92 Å².